The number of nitrogens with zero attached hydrogens (tertiary/aromatic N) is 4. The van der Waals surface area contributed by atoms with E-state index in [4.69, 9.17) is 14.2 Å². The Labute approximate surface area is 226 Å². The van der Waals surface area contributed by atoms with Crippen LogP contribution in [0, 0.1) is 6.92 Å². The molecule has 11 heteroatoms. The van der Waals surface area contributed by atoms with Crippen molar-refractivity contribution >= 4 is 12.1 Å². The molecule has 1 amide bonds. The van der Waals surface area contributed by atoms with Gasteiger partial charge in [-0.1, -0.05) is 35.5 Å². The summed E-state index contributed by atoms with van der Waals surface area (Å²) in [6, 6.07) is 12.9. The SMILES string of the molecule is Cc1nc(-c2nnn(C)c2CNC(=O)OCc2ccccc2)ccc1OC1CCC[C@](F)(C(=O)OC(C)C)C1. The Balaban J connectivity index is 1.39. The summed E-state index contributed by atoms with van der Waals surface area (Å²) in [4.78, 5) is 29.2. The lowest BCUT2D eigenvalue weighted by Gasteiger charge is -2.33. The largest absolute Gasteiger partial charge is 0.488 e. The van der Waals surface area contributed by atoms with Crippen molar-refractivity contribution in [2.24, 2.45) is 7.05 Å². The first-order valence-electron chi connectivity index (χ1n) is 13.0. The number of esters is 1. The molecular weight excluding hydrogens is 505 g/mol. The zero-order valence-electron chi connectivity index (χ0n) is 22.6. The van der Waals surface area contributed by atoms with Crippen LogP contribution in [0.5, 0.6) is 5.75 Å². The van der Waals surface area contributed by atoms with Crippen LogP contribution in [0.15, 0.2) is 42.5 Å². The fourth-order valence-electron chi connectivity index (χ4n) is 4.47. The number of rotatable bonds is 9. The van der Waals surface area contributed by atoms with Gasteiger partial charge in [0.2, 0.25) is 5.67 Å². The van der Waals surface area contributed by atoms with Gasteiger partial charge in [-0.05, 0) is 57.7 Å². The summed E-state index contributed by atoms with van der Waals surface area (Å²) in [5.41, 5.74) is 1.11. The van der Waals surface area contributed by atoms with Gasteiger partial charge in [0.15, 0.2) is 0 Å². The van der Waals surface area contributed by atoms with Gasteiger partial charge in [-0.15, -0.1) is 5.10 Å². The molecule has 1 aliphatic rings. The fourth-order valence-corrected chi connectivity index (χ4v) is 4.47. The molecule has 4 rings (SSSR count). The van der Waals surface area contributed by atoms with Gasteiger partial charge < -0.3 is 19.5 Å². The number of aryl methyl sites for hydroxylation is 2. The highest BCUT2D eigenvalue weighted by Crippen LogP contribution is 2.36. The van der Waals surface area contributed by atoms with Crippen molar-refractivity contribution in [2.75, 3.05) is 0 Å². The first kappa shape index (κ1) is 28.0. The second kappa shape index (κ2) is 12.2. The van der Waals surface area contributed by atoms with Crippen molar-refractivity contribution < 1.29 is 28.2 Å². The third-order valence-corrected chi connectivity index (χ3v) is 6.49. The van der Waals surface area contributed by atoms with Crippen molar-refractivity contribution in [3.8, 4) is 17.1 Å². The van der Waals surface area contributed by atoms with Crippen molar-refractivity contribution in [1.82, 2.24) is 25.3 Å². The molecule has 1 N–H and O–H groups in total. The van der Waals surface area contributed by atoms with E-state index in [0.717, 1.165) is 5.56 Å². The Morgan fingerprint density at radius 2 is 1.97 bits per heavy atom. The highest BCUT2D eigenvalue weighted by molar-refractivity contribution is 5.79. The van der Waals surface area contributed by atoms with Crippen LogP contribution in [0.2, 0.25) is 0 Å². The number of ether oxygens (including phenoxy) is 3. The van der Waals surface area contributed by atoms with Crippen LogP contribution in [0.3, 0.4) is 0 Å². The third-order valence-electron chi connectivity index (χ3n) is 6.49. The lowest BCUT2D eigenvalue weighted by Crippen LogP contribution is -2.44. The number of hydrogen-bond donors (Lipinski definition) is 1. The monoisotopic (exact) mass is 539 g/mol. The first-order chi connectivity index (χ1) is 18.6. The molecule has 10 nitrogen and oxygen atoms in total. The number of carbonyl (C=O) groups is 2. The van der Waals surface area contributed by atoms with Gasteiger partial charge in [0.1, 0.15) is 24.2 Å². The van der Waals surface area contributed by atoms with Crippen LogP contribution in [0.25, 0.3) is 11.4 Å². The zero-order chi connectivity index (χ0) is 28.0. The Bertz CT molecular complexity index is 1300. The summed E-state index contributed by atoms with van der Waals surface area (Å²) in [6.45, 7) is 5.48. The Kier molecular flexibility index (Phi) is 8.78. The maximum absolute atomic E-state index is 15.3. The van der Waals surface area contributed by atoms with E-state index in [0.29, 0.717) is 41.4 Å². The predicted octanol–water partition coefficient (Wildman–Crippen LogP) is 4.59. The molecule has 0 radical (unpaired) electrons. The summed E-state index contributed by atoms with van der Waals surface area (Å²) in [5, 5.41) is 11.0. The molecule has 1 aromatic carbocycles. The minimum atomic E-state index is -2.06. The van der Waals surface area contributed by atoms with E-state index in [1.54, 1.807) is 44.6 Å². The topological polar surface area (TPSA) is 117 Å². The normalized spacial score (nSPS) is 19.0. The quantitative estimate of drug-likeness (QED) is 0.392. The number of carbonyl (C=O) groups excluding carboxylic acids is 2. The Morgan fingerprint density at radius 3 is 2.69 bits per heavy atom. The molecule has 2 aromatic heterocycles. The van der Waals surface area contributed by atoms with E-state index >= 15 is 4.39 Å². The van der Waals surface area contributed by atoms with Gasteiger partial charge in [-0.25, -0.2) is 23.6 Å². The van der Waals surface area contributed by atoms with Crippen LogP contribution >= 0.6 is 0 Å². The molecule has 0 aliphatic heterocycles. The molecule has 2 heterocycles. The van der Waals surface area contributed by atoms with Gasteiger partial charge in [0.25, 0.3) is 0 Å². The van der Waals surface area contributed by atoms with Crippen LogP contribution in [-0.4, -0.2) is 49.9 Å². The minimum absolute atomic E-state index is 0.0694. The van der Waals surface area contributed by atoms with Crippen LogP contribution in [0.1, 0.15) is 56.5 Å². The number of alkyl carbamates (subject to hydrolysis) is 1. The van der Waals surface area contributed by atoms with Gasteiger partial charge in [0, 0.05) is 13.5 Å². The van der Waals surface area contributed by atoms with Gasteiger partial charge in [-0.2, -0.15) is 0 Å². The van der Waals surface area contributed by atoms with E-state index in [1.807, 2.05) is 30.3 Å². The summed E-state index contributed by atoms with van der Waals surface area (Å²) in [6.07, 6.45) is -0.227. The van der Waals surface area contributed by atoms with Crippen molar-refractivity contribution in [3.05, 3.63) is 59.4 Å². The highest BCUT2D eigenvalue weighted by atomic mass is 19.1. The second-order valence-electron chi connectivity index (χ2n) is 9.96. The molecule has 0 saturated heterocycles. The van der Waals surface area contributed by atoms with E-state index < -0.39 is 23.8 Å². The maximum atomic E-state index is 15.3. The number of benzene rings is 1. The van der Waals surface area contributed by atoms with Crippen molar-refractivity contribution in [1.29, 1.82) is 0 Å². The number of amides is 1. The Morgan fingerprint density at radius 1 is 1.21 bits per heavy atom. The average Bonchev–Trinajstić information content (AvgIpc) is 3.27. The van der Waals surface area contributed by atoms with E-state index in [1.165, 1.54) is 0 Å². The lowest BCUT2D eigenvalue weighted by atomic mass is 9.84. The average molecular weight is 540 g/mol. The number of hydrogen-bond acceptors (Lipinski definition) is 8. The molecule has 1 unspecified atom stereocenters. The van der Waals surface area contributed by atoms with Gasteiger partial charge in [0.05, 0.1) is 29.7 Å². The molecule has 3 aromatic rings. The number of aromatic nitrogens is 4. The lowest BCUT2D eigenvalue weighted by molar-refractivity contribution is -0.166. The van der Waals surface area contributed by atoms with Crippen molar-refractivity contribution in [3.63, 3.8) is 0 Å². The van der Waals surface area contributed by atoms with Crippen LogP contribution in [0.4, 0.5) is 9.18 Å². The number of alkyl halides is 1. The molecule has 1 fully saturated rings. The van der Waals surface area contributed by atoms with Crippen LogP contribution < -0.4 is 10.1 Å². The van der Waals surface area contributed by atoms with Gasteiger partial charge in [-0.3, -0.25) is 0 Å². The maximum Gasteiger partial charge on any atom is 0.407 e. The van der Waals surface area contributed by atoms with E-state index in [9.17, 15) is 9.59 Å². The molecule has 39 heavy (non-hydrogen) atoms. The van der Waals surface area contributed by atoms with Crippen LogP contribution in [-0.2, 0) is 34.5 Å². The van der Waals surface area contributed by atoms with Gasteiger partial charge >= 0.3 is 12.1 Å². The summed E-state index contributed by atoms with van der Waals surface area (Å²) >= 11 is 0. The highest BCUT2D eigenvalue weighted by Gasteiger charge is 2.46. The smallest absolute Gasteiger partial charge is 0.407 e. The number of halogens is 1. The molecule has 208 valence electrons. The number of pyridine rings is 1. The molecule has 2 atom stereocenters. The minimum Gasteiger partial charge on any atom is -0.488 e. The zero-order valence-corrected chi connectivity index (χ0v) is 22.6. The summed E-state index contributed by atoms with van der Waals surface area (Å²) in [5.74, 6) is -0.331. The predicted molar refractivity (Wildman–Crippen MR) is 140 cm³/mol. The molecule has 0 bridgehead atoms. The van der Waals surface area contributed by atoms with E-state index in [-0.39, 0.29) is 32.1 Å². The first-order valence-corrected chi connectivity index (χ1v) is 13.0. The Hall–Kier alpha value is -4.02. The molecular formula is C28H34FN5O5. The summed E-state index contributed by atoms with van der Waals surface area (Å²) in [7, 11) is 1.73. The molecule has 1 saturated carbocycles. The fraction of sp³-hybridized carbons (Fsp3) is 0.464. The standard InChI is InChI=1S/C28H34FN5O5/c1-18(2)38-26(35)28(29)14-8-11-21(15-28)39-24-13-12-22(31-19(24)3)25-23(34(4)33-32-25)16-30-27(36)37-17-20-9-6-5-7-10-20/h5-7,9-10,12-13,18,21H,8,11,14-17H2,1-4H3,(H,30,36)/t21?,28-/m1/s1. The van der Waals surface area contributed by atoms with E-state index in [2.05, 4.69) is 20.6 Å². The third kappa shape index (κ3) is 7.10. The van der Waals surface area contributed by atoms with Crippen molar-refractivity contribution in [2.45, 2.75) is 77.5 Å². The molecule has 0 spiro atoms. The number of nitrogens with one attached hydrogen (secondary N) is 1. The second-order valence-corrected chi connectivity index (χ2v) is 9.96. The summed E-state index contributed by atoms with van der Waals surface area (Å²) < 4.78 is 33.4. The molecule has 1 aliphatic carbocycles.